The van der Waals surface area contributed by atoms with Crippen LogP contribution in [0.5, 0.6) is 0 Å². The quantitative estimate of drug-likeness (QED) is 0.728. The smallest absolute Gasteiger partial charge is 0.243 e. The fourth-order valence-corrected chi connectivity index (χ4v) is 5.52. The molecule has 2 aromatic carbocycles. The molecule has 0 unspecified atom stereocenters. The Bertz CT molecular complexity index is 878. The number of carbonyl (C=O) groups is 1. The summed E-state index contributed by atoms with van der Waals surface area (Å²) in [5.74, 6) is 0.239. The third kappa shape index (κ3) is 5.37. The van der Waals surface area contributed by atoms with Gasteiger partial charge >= 0.3 is 0 Å². The molecule has 0 radical (unpaired) electrons. The summed E-state index contributed by atoms with van der Waals surface area (Å²) in [6.07, 6.45) is 2.90. The summed E-state index contributed by atoms with van der Waals surface area (Å²) < 4.78 is 26.9. The summed E-state index contributed by atoms with van der Waals surface area (Å²) in [6.45, 7) is 3.24. The predicted octanol–water partition coefficient (Wildman–Crippen LogP) is 4.29. The average Bonchev–Trinajstić information content (AvgIpc) is 2.73. The number of thioether (sulfide) groups is 1. The van der Waals surface area contributed by atoms with E-state index in [-0.39, 0.29) is 16.1 Å². The van der Waals surface area contributed by atoms with Gasteiger partial charge in [0.05, 0.1) is 10.6 Å². The molecule has 1 amide bonds. The van der Waals surface area contributed by atoms with Gasteiger partial charge in [-0.15, -0.1) is 11.8 Å². The van der Waals surface area contributed by atoms with E-state index in [1.807, 2.05) is 18.2 Å². The minimum atomic E-state index is -3.44. The highest BCUT2D eigenvalue weighted by molar-refractivity contribution is 8.00. The molecule has 1 N–H and O–H groups in total. The van der Waals surface area contributed by atoms with Gasteiger partial charge in [-0.1, -0.05) is 36.8 Å². The van der Waals surface area contributed by atoms with Gasteiger partial charge in [0.2, 0.25) is 15.9 Å². The molecule has 0 saturated carbocycles. The van der Waals surface area contributed by atoms with E-state index >= 15 is 0 Å². The number of hydrogen-bond acceptors (Lipinski definition) is 4. The van der Waals surface area contributed by atoms with E-state index in [1.165, 1.54) is 5.56 Å². The first-order valence-corrected chi connectivity index (χ1v) is 12.0. The lowest BCUT2D eigenvalue weighted by atomic mass is 10.2. The predicted molar refractivity (Wildman–Crippen MR) is 115 cm³/mol. The Morgan fingerprint density at radius 2 is 1.68 bits per heavy atom. The summed E-state index contributed by atoms with van der Waals surface area (Å²) in [4.78, 5) is 12.5. The molecule has 28 heavy (non-hydrogen) atoms. The van der Waals surface area contributed by atoms with Crippen molar-refractivity contribution in [1.82, 2.24) is 4.31 Å². The lowest BCUT2D eigenvalue weighted by Gasteiger charge is -2.25. The van der Waals surface area contributed by atoms with Crippen LogP contribution in [0.4, 0.5) is 5.69 Å². The monoisotopic (exact) mass is 418 g/mol. The summed E-state index contributed by atoms with van der Waals surface area (Å²) in [5.41, 5.74) is 1.79. The first kappa shape index (κ1) is 20.9. The standard InChI is InChI=1S/C21H26N2O3S2/c1-17(18-8-4-2-5-9-18)27-16-21(24)22-19-10-12-20(13-11-19)28(25,26)23-14-6-3-7-15-23/h2,4-5,8-13,17H,3,6-7,14-16H2,1H3,(H,22,24)/t17-/m1/s1. The molecule has 0 aromatic heterocycles. The first-order chi connectivity index (χ1) is 13.5. The Morgan fingerprint density at radius 1 is 1.04 bits per heavy atom. The number of benzene rings is 2. The minimum absolute atomic E-state index is 0.0978. The molecule has 0 spiro atoms. The Labute approximate surface area is 171 Å². The number of nitrogens with zero attached hydrogens (tertiary/aromatic N) is 1. The molecule has 3 rings (SSSR count). The zero-order chi connectivity index (χ0) is 20.0. The van der Waals surface area contributed by atoms with Gasteiger partial charge in [0.1, 0.15) is 0 Å². The molecular formula is C21H26N2O3S2. The molecule has 1 aliphatic rings. The fraction of sp³-hybridized carbons (Fsp3) is 0.381. The molecule has 0 bridgehead atoms. The Morgan fingerprint density at radius 3 is 2.32 bits per heavy atom. The molecule has 2 aromatic rings. The van der Waals surface area contributed by atoms with E-state index < -0.39 is 10.0 Å². The van der Waals surface area contributed by atoms with Crippen molar-refractivity contribution < 1.29 is 13.2 Å². The molecule has 5 nitrogen and oxygen atoms in total. The number of nitrogens with one attached hydrogen (secondary N) is 1. The van der Waals surface area contributed by atoms with Crippen LogP contribution in [-0.2, 0) is 14.8 Å². The molecule has 1 aliphatic heterocycles. The van der Waals surface area contributed by atoms with Crippen LogP contribution in [0.3, 0.4) is 0 Å². The highest BCUT2D eigenvalue weighted by Crippen LogP contribution is 2.28. The lowest BCUT2D eigenvalue weighted by Crippen LogP contribution is -2.35. The summed E-state index contributed by atoms with van der Waals surface area (Å²) >= 11 is 1.57. The van der Waals surface area contributed by atoms with Crippen molar-refractivity contribution in [3.63, 3.8) is 0 Å². The largest absolute Gasteiger partial charge is 0.325 e. The van der Waals surface area contributed by atoms with Crippen LogP contribution in [0, 0.1) is 0 Å². The maximum absolute atomic E-state index is 12.7. The summed E-state index contributed by atoms with van der Waals surface area (Å²) in [7, 11) is -3.44. The van der Waals surface area contributed by atoms with Crippen molar-refractivity contribution in [2.45, 2.75) is 36.3 Å². The van der Waals surface area contributed by atoms with Crippen LogP contribution in [-0.4, -0.2) is 37.5 Å². The molecular weight excluding hydrogens is 392 g/mol. The van der Waals surface area contributed by atoms with Crippen LogP contribution in [0.2, 0.25) is 0 Å². The third-order valence-electron chi connectivity index (χ3n) is 4.82. The second-order valence-electron chi connectivity index (χ2n) is 6.90. The van der Waals surface area contributed by atoms with Crippen molar-refractivity contribution in [3.05, 3.63) is 60.2 Å². The van der Waals surface area contributed by atoms with Gasteiger partial charge in [0.15, 0.2) is 0 Å². The fourth-order valence-electron chi connectivity index (χ4n) is 3.18. The maximum atomic E-state index is 12.7. The van der Waals surface area contributed by atoms with Gasteiger partial charge in [-0.25, -0.2) is 8.42 Å². The second kappa shape index (κ2) is 9.58. The average molecular weight is 419 g/mol. The van der Waals surface area contributed by atoms with E-state index in [0.717, 1.165) is 19.3 Å². The molecule has 1 saturated heterocycles. The van der Waals surface area contributed by atoms with Crippen LogP contribution in [0.15, 0.2) is 59.5 Å². The Kier molecular flexibility index (Phi) is 7.15. The highest BCUT2D eigenvalue weighted by atomic mass is 32.2. The van der Waals surface area contributed by atoms with E-state index in [1.54, 1.807) is 40.3 Å². The molecule has 1 heterocycles. The topological polar surface area (TPSA) is 66.5 Å². The maximum Gasteiger partial charge on any atom is 0.243 e. The van der Waals surface area contributed by atoms with Gasteiger partial charge in [0, 0.05) is 24.0 Å². The SMILES string of the molecule is C[C@@H](SCC(=O)Nc1ccc(S(=O)(=O)N2CCCCC2)cc1)c1ccccc1. The number of sulfonamides is 1. The first-order valence-electron chi connectivity index (χ1n) is 9.53. The summed E-state index contributed by atoms with van der Waals surface area (Å²) in [5, 5.41) is 3.06. The van der Waals surface area contributed by atoms with Gasteiger partial charge in [-0.2, -0.15) is 4.31 Å². The van der Waals surface area contributed by atoms with Crippen LogP contribution in [0.25, 0.3) is 0 Å². The molecule has 7 heteroatoms. The molecule has 1 fully saturated rings. The Hall–Kier alpha value is -1.83. The Balaban J connectivity index is 1.54. The lowest BCUT2D eigenvalue weighted by molar-refractivity contribution is -0.113. The molecule has 1 atom stereocenters. The van der Waals surface area contributed by atoms with Crippen molar-refractivity contribution in [2.75, 3.05) is 24.2 Å². The molecule has 0 aliphatic carbocycles. The number of rotatable bonds is 7. The van der Waals surface area contributed by atoms with Crippen molar-refractivity contribution in [3.8, 4) is 0 Å². The molecule has 150 valence electrons. The van der Waals surface area contributed by atoms with Crippen molar-refractivity contribution in [2.24, 2.45) is 0 Å². The van der Waals surface area contributed by atoms with Crippen LogP contribution in [0.1, 0.15) is 37.0 Å². The van der Waals surface area contributed by atoms with E-state index in [9.17, 15) is 13.2 Å². The summed E-state index contributed by atoms with van der Waals surface area (Å²) in [6, 6.07) is 16.5. The van der Waals surface area contributed by atoms with E-state index in [0.29, 0.717) is 24.5 Å². The van der Waals surface area contributed by atoms with Gasteiger partial charge in [-0.05, 0) is 49.6 Å². The number of amides is 1. The van der Waals surface area contributed by atoms with Crippen LogP contribution < -0.4 is 5.32 Å². The van der Waals surface area contributed by atoms with Crippen molar-refractivity contribution >= 4 is 33.4 Å². The van der Waals surface area contributed by atoms with Crippen LogP contribution >= 0.6 is 11.8 Å². The number of anilines is 1. The second-order valence-corrected chi connectivity index (χ2v) is 10.2. The number of carbonyl (C=O) groups excluding carboxylic acids is 1. The minimum Gasteiger partial charge on any atom is -0.325 e. The van der Waals surface area contributed by atoms with Gasteiger partial charge in [-0.3, -0.25) is 4.79 Å². The third-order valence-corrected chi connectivity index (χ3v) is 7.94. The normalized spacial score (nSPS) is 16.5. The van der Waals surface area contributed by atoms with Gasteiger partial charge in [0.25, 0.3) is 0 Å². The van der Waals surface area contributed by atoms with Gasteiger partial charge < -0.3 is 5.32 Å². The van der Waals surface area contributed by atoms with E-state index in [2.05, 4.69) is 24.4 Å². The van der Waals surface area contributed by atoms with E-state index in [4.69, 9.17) is 0 Å². The number of piperidine rings is 1. The number of hydrogen-bond donors (Lipinski definition) is 1. The zero-order valence-corrected chi connectivity index (χ0v) is 17.6. The zero-order valence-electron chi connectivity index (χ0n) is 16.0. The van der Waals surface area contributed by atoms with Crippen molar-refractivity contribution in [1.29, 1.82) is 0 Å². The highest BCUT2D eigenvalue weighted by Gasteiger charge is 2.25.